The molecule has 1 amide bonds. The number of hydrogen-bond acceptors (Lipinski definition) is 4. The number of pyridine rings is 1. The smallest absolute Gasteiger partial charge is 0.353 e. The molecule has 0 bridgehead atoms. The van der Waals surface area contributed by atoms with Crippen LogP contribution >= 0.6 is 0 Å². The third-order valence-electron chi connectivity index (χ3n) is 5.77. The van der Waals surface area contributed by atoms with Crippen molar-refractivity contribution < 1.29 is 22.8 Å². The minimum Gasteiger partial charge on any atom is -0.353 e. The number of nitrogens with zero attached hydrogens (tertiary/aromatic N) is 4. The maximum absolute atomic E-state index is 12.7. The SMILES string of the molecule is CC(=O)c1cn(CCC(=O)N2CCN(c3ccc(C(F)(F)F)cn3)CC2)c2ccccc12. The summed E-state index contributed by atoms with van der Waals surface area (Å²) in [5, 5.41) is 0.880. The largest absolute Gasteiger partial charge is 0.417 e. The van der Waals surface area contributed by atoms with Gasteiger partial charge in [-0.25, -0.2) is 4.98 Å². The zero-order chi connectivity index (χ0) is 22.9. The molecule has 1 fully saturated rings. The van der Waals surface area contributed by atoms with Gasteiger partial charge in [0.2, 0.25) is 5.91 Å². The lowest BCUT2D eigenvalue weighted by Gasteiger charge is -2.35. The summed E-state index contributed by atoms with van der Waals surface area (Å²) >= 11 is 0. The molecule has 9 heteroatoms. The minimum absolute atomic E-state index is 0.00665. The monoisotopic (exact) mass is 444 g/mol. The molecule has 1 aromatic carbocycles. The molecule has 3 heterocycles. The molecule has 0 N–H and O–H groups in total. The fraction of sp³-hybridized carbons (Fsp3) is 0.348. The van der Waals surface area contributed by atoms with Crippen molar-refractivity contribution in [1.29, 1.82) is 0 Å². The molecule has 0 atom stereocenters. The van der Waals surface area contributed by atoms with Gasteiger partial charge in [0.05, 0.1) is 5.56 Å². The van der Waals surface area contributed by atoms with Crippen LogP contribution in [0.3, 0.4) is 0 Å². The highest BCUT2D eigenvalue weighted by molar-refractivity contribution is 6.07. The van der Waals surface area contributed by atoms with Crippen molar-refractivity contribution in [3.05, 3.63) is 59.9 Å². The van der Waals surface area contributed by atoms with E-state index in [1.807, 2.05) is 33.7 Å². The first-order valence-corrected chi connectivity index (χ1v) is 10.4. The van der Waals surface area contributed by atoms with Gasteiger partial charge in [-0.15, -0.1) is 0 Å². The van der Waals surface area contributed by atoms with Gasteiger partial charge in [-0.1, -0.05) is 18.2 Å². The van der Waals surface area contributed by atoms with Gasteiger partial charge in [0, 0.05) is 68.0 Å². The van der Waals surface area contributed by atoms with Crippen LogP contribution in [0, 0.1) is 0 Å². The van der Waals surface area contributed by atoms with Crippen LogP contribution in [0.4, 0.5) is 19.0 Å². The van der Waals surface area contributed by atoms with E-state index in [9.17, 15) is 22.8 Å². The molecule has 0 saturated carbocycles. The van der Waals surface area contributed by atoms with E-state index in [0.29, 0.717) is 50.5 Å². The Balaban J connectivity index is 1.35. The van der Waals surface area contributed by atoms with Crippen LogP contribution in [0.25, 0.3) is 10.9 Å². The van der Waals surface area contributed by atoms with Crippen LogP contribution in [0.5, 0.6) is 0 Å². The van der Waals surface area contributed by atoms with Crippen LogP contribution in [0.15, 0.2) is 48.8 Å². The van der Waals surface area contributed by atoms with Gasteiger partial charge in [0.15, 0.2) is 5.78 Å². The number of rotatable bonds is 5. The zero-order valence-corrected chi connectivity index (χ0v) is 17.6. The van der Waals surface area contributed by atoms with E-state index in [1.54, 1.807) is 11.1 Å². The van der Waals surface area contributed by atoms with Crippen molar-refractivity contribution in [2.75, 3.05) is 31.1 Å². The summed E-state index contributed by atoms with van der Waals surface area (Å²) < 4.78 is 40.1. The Hall–Kier alpha value is -3.36. The maximum atomic E-state index is 12.7. The topological polar surface area (TPSA) is 58.4 Å². The van der Waals surface area contributed by atoms with Crippen molar-refractivity contribution in [2.24, 2.45) is 0 Å². The van der Waals surface area contributed by atoms with E-state index in [2.05, 4.69) is 4.98 Å². The minimum atomic E-state index is -4.41. The van der Waals surface area contributed by atoms with Crippen molar-refractivity contribution in [3.8, 4) is 0 Å². The Labute approximate surface area is 183 Å². The number of halogens is 3. The first-order valence-electron chi connectivity index (χ1n) is 10.4. The third kappa shape index (κ3) is 4.46. The number of benzene rings is 1. The average Bonchev–Trinajstić information content (AvgIpc) is 3.16. The Morgan fingerprint density at radius 2 is 1.75 bits per heavy atom. The van der Waals surface area contributed by atoms with E-state index in [-0.39, 0.29) is 11.7 Å². The number of aryl methyl sites for hydroxylation is 1. The van der Waals surface area contributed by atoms with Crippen molar-refractivity contribution in [1.82, 2.24) is 14.5 Å². The van der Waals surface area contributed by atoms with Crippen LogP contribution in [0.2, 0.25) is 0 Å². The van der Waals surface area contributed by atoms with Crippen LogP contribution in [0.1, 0.15) is 29.3 Å². The van der Waals surface area contributed by atoms with Crippen molar-refractivity contribution in [2.45, 2.75) is 26.1 Å². The van der Waals surface area contributed by atoms with Crippen LogP contribution in [-0.4, -0.2) is 52.3 Å². The normalized spacial score (nSPS) is 14.8. The molecule has 1 aliphatic rings. The number of aromatic nitrogens is 2. The molecule has 3 aromatic rings. The molecule has 168 valence electrons. The highest BCUT2D eigenvalue weighted by Gasteiger charge is 2.31. The molecule has 1 aliphatic heterocycles. The van der Waals surface area contributed by atoms with Gasteiger partial charge >= 0.3 is 6.18 Å². The lowest BCUT2D eigenvalue weighted by molar-refractivity contribution is -0.138. The van der Waals surface area contributed by atoms with Gasteiger partial charge in [-0.05, 0) is 25.1 Å². The summed E-state index contributed by atoms with van der Waals surface area (Å²) in [6.45, 7) is 3.96. The van der Waals surface area contributed by atoms with Gasteiger partial charge in [-0.3, -0.25) is 9.59 Å². The van der Waals surface area contributed by atoms with Crippen LogP contribution < -0.4 is 4.90 Å². The summed E-state index contributed by atoms with van der Waals surface area (Å²) in [7, 11) is 0. The molecule has 0 aliphatic carbocycles. The number of amides is 1. The van der Waals surface area contributed by atoms with Gasteiger partial charge < -0.3 is 14.4 Å². The standard InChI is InChI=1S/C23H23F3N4O2/c1-16(31)19-15-30(20-5-3-2-4-18(19)20)9-8-22(32)29-12-10-28(11-13-29)21-7-6-17(14-27-21)23(24,25)26/h2-7,14-15H,8-13H2,1H3. The van der Waals surface area contributed by atoms with Gasteiger partial charge in [-0.2, -0.15) is 13.2 Å². The molecule has 0 unspecified atom stereocenters. The fourth-order valence-corrected chi connectivity index (χ4v) is 4.01. The Kier molecular flexibility index (Phi) is 5.90. The van der Waals surface area contributed by atoms with E-state index in [1.165, 1.54) is 13.0 Å². The summed E-state index contributed by atoms with van der Waals surface area (Å²) in [6, 6.07) is 10.0. The molecular weight excluding hydrogens is 421 g/mol. The predicted molar refractivity (Wildman–Crippen MR) is 115 cm³/mol. The molecule has 2 aromatic heterocycles. The molecule has 4 rings (SSSR count). The number of fused-ring (bicyclic) bond motifs is 1. The highest BCUT2D eigenvalue weighted by Crippen LogP contribution is 2.29. The molecule has 32 heavy (non-hydrogen) atoms. The maximum Gasteiger partial charge on any atom is 0.417 e. The van der Waals surface area contributed by atoms with Crippen molar-refractivity contribution >= 4 is 28.4 Å². The number of piperazine rings is 1. The second-order valence-corrected chi connectivity index (χ2v) is 7.83. The third-order valence-corrected chi connectivity index (χ3v) is 5.77. The van der Waals surface area contributed by atoms with Gasteiger partial charge in [0.1, 0.15) is 5.82 Å². The number of anilines is 1. The van der Waals surface area contributed by atoms with Crippen LogP contribution in [-0.2, 0) is 17.5 Å². The van der Waals surface area contributed by atoms with E-state index < -0.39 is 11.7 Å². The first-order chi connectivity index (χ1) is 15.2. The quantitative estimate of drug-likeness (QED) is 0.559. The lowest BCUT2D eigenvalue weighted by Crippen LogP contribution is -2.49. The number of Topliss-reactive ketones (excluding diaryl/α,β-unsaturated/α-hetero) is 1. The second-order valence-electron chi connectivity index (χ2n) is 7.83. The van der Waals surface area contributed by atoms with E-state index in [4.69, 9.17) is 0 Å². The number of carbonyl (C=O) groups is 2. The molecule has 1 saturated heterocycles. The fourth-order valence-electron chi connectivity index (χ4n) is 4.01. The number of alkyl halides is 3. The highest BCUT2D eigenvalue weighted by atomic mass is 19.4. The Morgan fingerprint density at radius 1 is 1.03 bits per heavy atom. The molecule has 0 radical (unpaired) electrons. The number of para-hydroxylation sites is 1. The van der Waals surface area contributed by atoms with Crippen molar-refractivity contribution in [3.63, 3.8) is 0 Å². The molecular formula is C23H23F3N4O2. The van der Waals surface area contributed by atoms with Gasteiger partial charge in [0.25, 0.3) is 0 Å². The predicted octanol–water partition coefficient (Wildman–Crippen LogP) is 4.00. The van der Waals surface area contributed by atoms with E-state index in [0.717, 1.165) is 23.2 Å². The number of carbonyl (C=O) groups excluding carboxylic acids is 2. The summed E-state index contributed by atoms with van der Waals surface area (Å²) in [6.07, 6.45) is -1.47. The zero-order valence-electron chi connectivity index (χ0n) is 17.6. The molecule has 0 spiro atoms. The average molecular weight is 444 g/mol. The lowest BCUT2D eigenvalue weighted by atomic mass is 10.1. The summed E-state index contributed by atoms with van der Waals surface area (Å²) in [5.74, 6) is 0.465. The van der Waals surface area contributed by atoms with E-state index >= 15 is 0 Å². The number of hydrogen-bond donors (Lipinski definition) is 0. The second kappa shape index (κ2) is 8.64. The Morgan fingerprint density at radius 3 is 2.38 bits per heavy atom. The summed E-state index contributed by atoms with van der Waals surface area (Å²) in [5.41, 5.74) is 0.787. The first kappa shape index (κ1) is 21.9. The Bertz CT molecular complexity index is 1130. The number of ketones is 1. The molecule has 6 nitrogen and oxygen atoms in total. The summed E-state index contributed by atoms with van der Waals surface area (Å²) in [4.78, 5) is 32.2.